The third-order valence-electron chi connectivity index (χ3n) is 3.97. The van der Waals surface area contributed by atoms with Crippen molar-refractivity contribution in [1.82, 2.24) is 0 Å². The average Bonchev–Trinajstić information content (AvgIpc) is 2.99. The van der Waals surface area contributed by atoms with Crippen LogP contribution in [0.5, 0.6) is 0 Å². The normalized spacial score (nSPS) is 25.3. The van der Waals surface area contributed by atoms with Gasteiger partial charge in [0.25, 0.3) is 5.91 Å². The molecule has 0 saturated carbocycles. The minimum Gasteiger partial charge on any atom is -0.481 e. The Hall–Kier alpha value is -1.88. The summed E-state index contributed by atoms with van der Waals surface area (Å²) in [6.07, 6.45) is 1.65. The lowest BCUT2D eigenvalue weighted by Gasteiger charge is -2.34. The number of anilines is 1. The maximum absolute atomic E-state index is 12.5. The summed E-state index contributed by atoms with van der Waals surface area (Å²) in [5.41, 5.74) is 1.74. The Morgan fingerprint density at radius 3 is 2.80 bits per heavy atom. The van der Waals surface area contributed by atoms with Crippen LogP contribution in [0, 0.1) is 5.92 Å². The number of ether oxygens (including phenoxy) is 1. The summed E-state index contributed by atoms with van der Waals surface area (Å²) in [5.74, 6) is -1.51. The number of fused-ring (bicyclic) bond motifs is 1. The highest BCUT2D eigenvalue weighted by Crippen LogP contribution is 2.31. The molecule has 1 aromatic carbocycles. The zero-order chi connectivity index (χ0) is 14.1. The number of carboxylic acid groups (broad SMARTS) is 1. The topological polar surface area (TPSA) is 66.8 Å². The number of rotatable bonds is 2. The van der Waals surface area contributed by atoms with E-state index < -0.39 is 18.0 Å². The molecule has 0 radical (unpaired) electrons. The van der Waals surface area contributed by atoms with E-state index in [1.807, 2.05) is 24.3 Å². The van der Waals surface area contributed by atoms with E-state index in [-0.39, 0.29) is 12.5 Å². The Bertz CT molecular complexity index is 536. The van der Waals surface area contributed by atoms with E-state index >= 15 is 0 Å². The van der Waals surface area contributed by atoms with Gasteiger partial charge in [-0.3, -0.25) is 9.59 Å². The molecule has 3 rings (SSSR count). The molecular formula is C15H17NO4. The molecule has 0 spiro atoms. The van der Waals surface area contributed by atoms with Crippen molar-refractivity contribution < 1.29 is 19.4 Å². The van der Waals surface area contributed by atoms with Crippen LogP contribution in [0.15, 0.2) is 24.3 Å². The molecule has 0 bridgehead atoms. The van der Waals surface area contributed by atoms with E-state index in [9.17, 15) is 14.7 Å². The van der Waals surface area contributed by atoms with Crippen molar-refractivity contribution >= 4 is 17.6 Å². The standard InChI is InChI=1S/C15H17NO4/c17-14(13-6-3-7-20-13)16-9-11(15(18)19)8-10-4-1-2-5-12(10)16/h1-2,4-5,11,13H,3,6-9H2,(H,18,19)/t11?,13-/m1/s1. The number of carboxylic acids is 1. The van der Waals surface area contributed by atoms with E-state index in [0.29, 0.717) is 13.0 Å². The van der Waals surface area contributed by atoms with Gasteiger partial charge in [-0.1, -0.05) is 18.2 Å². The summed E-state index contributed by atoms with van der Waals surface area (Å²) in [7, 11) is 0. The van der Waals surface area contributed by atoms with Gasteiger partial charge in [-0.05, 0) is 30.9 Å². The van der Waals surface area contributed by atoms with Gasteiger partial charge in [0, 0.05) is 18.8 Å². The van der Waals surface area contributed by atoms with Crippen molar-refractivity contribution in [2.45, 2.75) is 25.4 Å². The third-order valence-corrected chi connectivity index (χ3v) is 3.97. The molecule has 20 heavy (non-hydrogen) atoms. The van der Waals surface area contributed by atoms with E-state index in [0.717, 1.165) is 24.1 Å². The number of carbonyl (C=O) groups excluding carboxylic acids is 1. The lowest BCUT2D eigenvalue weighted by molar-refractivity contribution is -0.141. The minimum absolute atomic E-state index is 0.110. The largest absolute Gasteiger partial charge is 0.481 e. The number of benzene rings is 1. The second-order valence-electron chi connectivity index (χ2n) is 5.32. The molecule has 2 atom stereocenters. The van der Waals surface area contributed by atoms with Gasteiger partial charge in [-0.25, -0.2) is 0 Å². The van der Waals surface area contributed by atoms with E-state index in [1.165, 1.54) is 0 Å². The SMILES string of the molecule is O=C(O)C1Cc2ccccc2N(C(=O)[C@H]2CCCO2)C1. The van der Waals surface area contributed by atoms with Gasteiger partial charge in [0.05, 0.1) is 5.92 Å². The predicted molar refractivity (Wildman–Crippen MR) is 72.6 cm³/mol. The number of carbonyl (C=O) groups is 2. The highest BCUT2D eigenvalue weighted by Gasteiger charge is 2.36. The smallest absolute Gasteiger partial charge is 0.308 e. The highest BCUT2D eigenvalue weighted by molar-refractivity contribution is 5.98. The monoisotopic (exact) mass is 275 g/mol. The van der Waals surface area contributed by atoms with Crippen LogP contribution >= 0.6 is 0 Å². The molecule has 1 amide bonds. The number of hydrogen-bond donors (Lipinski definition) is 1. The van der Waals surface area contributed by atoms with Crippen LogP contribution in [-0.4, -0.2) is 36.2 Å². The summed E-state index contributed by atoms with van der Waals surface area (Å²) >= 11 is 0. The van der Waals surface area contributed by atoms with Gasteiger partial charge in [0.1, 0.15) is 6.10 Å². The third kappa shape index (κ3) is 2.29. The van der Waals surface area contributed by atoms with Crippen LogP contribution in [0.3, 0.4) is 0 Å². The van der Waals surface area contributed by atoms with Crippen molar-refractivity contribution in [2.75, 3.05) is 18.1 Å². The van der Waals surface area contributed by atoms with Gasteiger partial charge in [-0.2, -0.15) is 0 Å². The molecule has 1 fully saturated rings. The van der Waals surface area contributed by atoms with Crippen molar-refractivity contribution in [3.8, 4) is 0 Å². The van der Waals surface area contributed by atoms with Gasteiger partial charge in [0.15, 0.2) is 0 Å². The van der Waals surface area contributed by atoms with Crippen LogP contribution in [0.2, 0.25) is 0 Å². The van der Waals surface area contributed by atoms with Gasteiger partial charge < -0.3 is 14.7 Å². The molecule has 1 aromatic rings. The lowest BCUT2D eigenvalue weighted by atomic mass is 9.92. The minimum atomic E-state index is -0.857. The Morgan fingerprint density at radius 2 is 2.10 bits per heavy atom. The Kier molecular flexibility index (Phi) is 3.44. The predicted octanol–water partition coefficient (Wildman–Crippen LogP) is 1.46. The first-order valence-corrected chi connectivity index (χ1v) is 6.90. The summed E-state index contributed by atoms with van der Waals surface area (Å²) in [6, 6.07) is 7.51. The van der Waals surface area contributed by atoms with Crippen molar-refractivity contribution in [2.24, 2.45) is 5.92 Å². The van der Waals surface area contributed by atoms with Gasteiger partial charge >= 0.3 is 5.97 Å². The molecule has 1 unspecified atom stereocenters. The molecule has 0 aliphatic carbocycles. The first-order valence-electron chi connectivity index (χ1n) is 6.90. The summed E-state index contributed by atoms with van der Waals surface area (Å²) in [5, 5.41) is 9.26. The molecule has 2 heterocycles. The van der Waals surface area contributed by atoms with Crippen LogP contribution in [0.4, 0.5) is 5.69 Å². The van der Waals surface area contributed by atoms with Gasteiger partial charge in [-0.15, -0.1) is 0 Å². The van der Waals surface area contributed by atoms with Gasteiger partial charge in [0.2, 0.25) is 0 Å². The fraction of sp³-hybridized carbons (Fsp3) is 0.467. The number of amides is 1. The number of aliphatic carboxylic acids is 1. The van der Waals surface area contributed by atoms with E-state index in [1.54, 1.807) is 4.90 Å². The molecule has 5 nitrogen and oxygen atoms in total. The van der Waals surface area contributed by atoms with Crippen LogP contribution in [-0.2, 0) is 20.7 Å². The number of nitrogens with zero attached hydrogens (tertiary/aromatic N) is 1. The molecule has 2 aliphatic rings. The Balaban J connectivity index is 1.91. The lowest BCUT2D eigenvalue weighted by Crippen LogP contribution is -2.46. The molecule has 106 valence electrons. The second kappa shape index (κ2) is 5.25. The molecule has 1 N–H and O–H groups in total. The summed E-state index contributed by atoms with van der Waals surface area (Å²) in [6.45, 7) is 0.833. The summed E-state index contributed by atoms with van der Waals surface area (Å²) in [4.78, 5) is 25.4. The highest BCUT2D eigenvalue weighted by atomic mass is 16.5. The van der Waals surface area contributed by atoms with Crippen LogP contribution < -0.4 is 4.90 Å². The zero-order valence-corrected chi connectivity index (χ0v) is 11.1. The molecule has 0 aromatic heterocycles. The van der Waals surface area contributed by atoms with Crippen molar-refractivity contribution in [3.05, 3.63) is 29.8 Å². The number of para-hydroxylation sites is 1. The van der Waals surface area contributed by atoms with Crippen LogP contribution in [0.1, 0.15) is 18.4 Å². The molecule has 5 heteroatoms. The first-order chi connectivity index (χ1) is 9.66. The fourth-order valence-electron chi connectivity index (χ4n) is 2.92. The molecular weight excluding hydrogens is 258 g/mol. The number of hydrogen-bond acceptors (Lipinski definition) is 3. The average molecular weight is 275 g/mol. The fourth-order valence-corrected chi connectivity index (χ4v) is 2.92. The Morgan fingerprint density at radius 1 is 1.30 bits per heavy atom. The van der Waals surface area contributed by atoms with Crippen molar-refractivity contribution in [3.63, 3.8) is 0 Å². The summed E-state index contributed by atoms with van der Waals surface area (Å²) < 4.78 is 5.44. The van der Waals surface area contributed by atoms with E-state index in [2.05, 4.69) is 0 Å². The zero-order valence-electron chi connectivity index (χ0n) is 11.1. The van der Waals surface area contributed by atoms with Crippen molar-refractivity contribution in [1.29, 1.82) is 0 Å². The Labute approximate surface area is 117 Å². The maximum Gasteiger partial charge on any atom is 0.308 e. The second-order valence-corrected chi connectivity index (χ2v) is 5.32. The maximum atomic E-state index is 12.5. The molecule has 1 saturated heterocycles. The first kappa shape index (κ1) is 13.1. The quantitative estimate of drug-likeness (QED) is 0.887. The molecule has 2 aliphatic heterocycles. The van der Waals surface area contributed by atoms with Crippen LogP contribution in [0.25, 0.3) is 0 Å². The van der Waals surface area contributed by atoms with E-state index in [4.69, 9.17) is 4.74 Å².